The van der Waals surface area contributed by atoms with Gasteiger partial charge in [-0.2, -0.15) is 4.31 Å². The number of sulfonamides is 1. The molecule has 1 aliphatic heterocycles. The van der Waals surface area contributed by atoms with E-state index in [0.717, 1.165) is 0 Å². The van der Waals surface area contributed by atoms with Crippen molar-refractivity contribution in [2.75, 3.05) is 45.3 Å². The number of rotatable bonds is 8. The van der Waals surface area contributed by atoms with Gasteiger partial charge >= 0.3 is 0 Å². The Bertz CT molecular complexity index is 1090. The maximum atomic E-state index is 13.0. The third-order valence-corrected chi connectivity index (χ3v) is 6.45. The van der Waals surface area contributed by atoms with E-state index in [1.807, 2.05) is 0 Å². The molecule has 0 atom stereocenters. The summed E-state index contributed by atoms with van der Waals surface area (Å²) < 4.78 is 50.4. The molecule has 3 rings (SSSR count). The molecule has 172 valence electrons. The van der Waals surface area contributed by atoms with Crippen LogP contribution in [0.5, 0.6) is 5.75 Å². The minimum Gasteiger partial charge on any atom is -0.495 e. The van der Waals surface area contributed by atoms with Gasteiger partial charge in [0.05, 0.1) is 30.9 Å². The van der Waals surface area contributed by atoms with Crippen molar-refractivity contribution in [2.24, 2.45) is 10.9 Å². The largest absolute Gasteiger partial charge is 0.495 e. The Morgan fingerprint density at radius 1 is 1.22 bits per heavy atom. The molecular weight excluding hydrogens is 443 g/mol. The molecule has 1 heterocycles. The Balaban J connectivity index is 1.67. The molecule has 0 saturated carbocycles. The highest BCUT2D eigenvalue weighted by molar-refractivity contribution is 7.89. The average molecular weight is 466 g/mol. The number of hydrogen-bond donors (Lipinski definition) is 2. The van der Waals surface area contributed by atoms with E-state index in [0.29, 0.717) is 18.8 Å². The third-order valence-electron chi connectivity index (χ3n) is 4.55. The number of ether oxygens (including phenoxy) is 2. The molecule has 0 aromatic heterocycles. The van der Waals surface area contributed by atoms with Crippen LogP contribution in [0.25, 0.3) is 0 Å². The summed E-state index contributed by atoms with van der Waals surface area (Å²) in [5.74, 6) is -0.795. The van der Waals surface area contributed by atoms with Crippen molar-refractivity contribution in [1.82, 2.24) is 4.31 Å². The number of hydrogen-bond acceptors (Lipinski definition) is 7. The number of carbonyl (C=O) groups excluding carboxylic acids is 1. The highest BCUT2D eigenvalue weighted by atomic mass is 32.2. The van der Waals surface area contributed by atoms with Crippen LogP contribution in [0.3, 0.4) is 0 Å². The van der Waals surface area contributed by atoms with Crippen molar-refractivity contribution in [2.45, 2.75) is 4.90 Å². The van der Waals surface area contributed by atoms with E-state index in [-0.39, 0.29) is 35.3 Å². The van der Waals surface area contributed by atoms with Gasteiger partial charge in [-0.3, -0.25) is 4.79 Å². The second kappa shape index (κ2) is 10.4. The highest BCUT2D eigenvalue weighted by Crippen LogP contribution is 2.29. The maximum Gasteiger partial charge on any atom is 0.265 e. The minimum atomic E-state index is -3.76. The van der Waals surface area contributed by atoms with Gasteiger partial charge in [0.2, 0.25) is 10.0 Å². The number of anilines is 1. The fraction of sp³-hybridized carbons (Fsp3) is 0.300. The summed E-state index contributed by atoms with van der Waals surface area (Å²) in [5.41, 5.74) is 6.32. The number of nitrogens with two attached hydrogens (primary N) is 1. The van der Waals surface area contributed by atoms with Crippen molar-refractivity contribution >= 4 is 27.5 Å². The van der Waals surface area contributed by atoms with Gasteiger partial charge in [-0.05, 0) is 42.5 Å². The lowest BCUT2D eigenvalue weighted by Crippen LogP contribution is -2.40. The smallest absolute Gasteiger partial charge is 0.265 e. The van der Waals surface area contributed by atoms with E-state index >= 15 is 0 Å². The number of oxime groups is 1. The van der Waals surface area contributed by atoms with Crippen LogP contribution < -0.4 is 15.8 Å². The second-order valence-corrected chi connectivity index (χ2v) is 8.62. The first-order chi connectivity index (χ1) is 15.3. The molecule has 12 heteroatoms. The molecule has 1 amide bonds. The zero-order chi connectivity index (χ0) is 23.1. The summed E-state index contributed by atoms with van der Waals surface area (Å²) >= 11 is 0. The molecule has 1 fully saturated rings. The summed E-state index contributed by atoms with van der Waals surface area (Å²) in [5, 5.41) is 6.17. The van der Waals surface area contributed by atoms with E-state index in [9.17, 15) is 17.6 Å². The van der Waals surface area contributed by atoms with Crippen LogP contribution in [0, 0.1) is 5.82 Å². The van der Waals surface area contributed by atoms with Crippen molar-refractivity contribution in [3.05, 3.63) is 53.8 Å². The molecule has 0 unspecified atom stereocenters. The van der Waals surface area contributed by atoms with Gasteiger partial charge in [0.15, 0.2) is 12.4 Å². The molecule has 3 N–H and O–H groups in total. The number of amides is 1. The van der Waals surface area contributed by atoms with E-state index in [2.05, 4.69) is 10.5 Å². The maximum absolute atomic E-state index is 13.0. The molecule has 2 aromatic rings. The first kappa shape index (κ1) is 23.4. The highest BCUT2D eigenvalue weighted by Gasteiger charge is 2.27. The summed E-state index contributed by atoms with van der Waals surface area (Å²) in [4.78, 5) is 17.2. The van der Waals surface area contributed by atoms with E-state index < -0.39 is 28.4 Å². The van der Waals surface area contributed by atoms with Crippen molar-refractivity contribution < 1.29 is 31.9 Å². The SMILES string of the molecule is COc1ccc(S(=O)(=O)N2CCOCC2)cc1NC(=O)CO/N=C(/N)c1ccc(F)cc1. The van der Waals surface area contributed by atoms with Gasteiger partial charge in [-0.25, -0.2) is 12.8 Å². The van der Waals surface area contributed by atoms with Crippen LogP contribution >= 0.6 is 0 Å². The topological polar surface area (TPSA) is 133 Å². The van der Waals surface area contributed by atoms with Crippen molar-refractivity contribution in [3.8, 4) is 5.75 Å². The predicted octanol–water partition coefficient (Wildman–Crippen LogP) is 1.13. The van der Waals surface area contributed by atoms with Crippen LogP contribution in [0.4, 0.5) is 10.1 Å². The zero-order valence-corrected chi connectivity index (χ0v) is 18.1. The van der Waals surface area contributed by atoms with Gasteiger partial charge in [0.25, 0.3) is 5.91 Å². The Labute approximate surface area is 184 Å². The van der Waals surface area contributed by atoms with Crippen LogP contribution in [0.1, 0.15) is 5.56 Å². The van der Waals surface area contributed by atoms with Crippen molar-refractivity contribution in [3.63, 3.8) is 0 Å². The summed E-state index contributed by atoms with van der Waals surface area (Å²) in [6, 6.07) is 9.45. The minimum absolute atomic E-state index is 0.00925. The number of nitrogens with one attached hydrogen (secondary N) is 1. The van der Waals surface area contributed by atoms with Crippen LogP contribution in [0.2, 0.25) is 0 Å². The van der Waals surface area contributed by atoms with E-state index in [1.54, 1.807) is 0 Å². The number of morpholine rings is 1. The fourth-order valence-corrected chi connectivity index (χ4v) is 4.34. The normalized spacial score (nSPS) is 15.2. The Morgan fingerprint density at radius 2 is 1.91 bits per heavy atom. The first-order valence-corrected chi connectivity index (χ1v) is 11.0. The number of nitrogens with zero attached hydrogens (tertiary/aromatic N) is 2. The van der Waals surface area contributed by atoms with Crippen LogP contribution in [-0.4, -0.2) is 64.5 Å². The van der Waals surface area contributed by atoms with E-state index in [1.165, 1.54) is 53.9 Å². The second-order valence-electron chi connectivity index (χ2n) is 6.68. The lowest BCUT2D eigenvalue weighted by atomic mass is 10.2. The molecule has 1 aliphatic rings. The van der Waals surface area contributed by atoms with Crippen LogP contribution in [0.15, 0.2) is 52.5 Å². The Morgan fingerprint density at radius 3 is 2.56 bits per heavy atom. The van der Waals surface area contributed by atoms with Gasteiger partial charge in [-0.15, -0.1) is 0 Å². The molecule has 10 nitrogen and oxygen atoms in total. The number of methoxy groups -OCH3 is 1. The molecule has 0 spiro atoms. The third kappa shape index (κ3) is 5.72. The van der Waals surface area contributed by atoms with Gasteiger partial charge in [0.1, 0.15) is 11.6 Å². The molecule has 0 bridgehead atoms. The molecule has 32 heavy (non-hydrogen) atoms. The lowest BCUT2D eigenvalue weighted by Gasteiger charge is -2.26. The van der Waals surface area contributed by atoms with Gasteiger partial charge in [-0.1, -0.05) is 5.16 Å². The molecule has 2 aromatic carbocycles. The Hall–Kier alpha value is -3.22. The van der Waals surface area contributed by atoms with Crippen molar-refractivity contribution in [1.29, 1.82) is 0 Å². The first-order valence-electron chi connectivity index (χ1n) is 9.58. The summed E-state index contributed by atoms with van der Waals surface area (Å²) in [6.07, 6.45) is 0. The summed E-state index contributed by atoms with van der Waals surface area (Å²) in [7, 11) is -2.36. The van der Waals surface area contributed by atoms with Gasteiger partial charge < -0.3 is 25.4 Å². The summed E-state index contributed by atoms with van der Waals surface area (Å²) in [6.45, 7) is 0.635. The number of halogens is 1. The van der Waals surface area contributed by atoms with Crippen LogP contribution in [-0.2, 0) is 24.4 Å². The standard InChI is InChI=1S/C20H23FN4O6S/c1-29-18-7-6-16(32(27,28)25-8-10-30-11-9-25)12-17(18)23-19(26)13-31-24-20(22)14-2-4-15(21)5-3-14/h2-7,12H,8-11,13H2,1H3,(H2,22,24)(H,23,26). The molecular formula is C20H23FN4O6S. The average Bonchev–Trinajstić information content (AvgIpc) is 2.80. The number of benzene rings is 2. The quantitative estimate of drug-likeness (QED) is 0.339. The monoisotopic (exact) mass is 466 g/mol. The van der Waals surface area contributed by atoms with E-state index in [4.69, 9.17) is 20.0 Å². The molecule has 0 radical (unpaired) electrons. The lowest BCUT2D eigenvalue weighted by molar-refractivity contribution is -0.120. The van der Waals surface area contributed by atoms with Gasteiger partial charge in [0, 0.05) is 18.7 Å². The number of amidine groups is 1. The predicted molar refractivity (Wildman–Crippen MR) is 114 cm³/mol. The molecule has 0 aliphatic carbocycles. The fourth-order valence-electron chi connectivity index (χ4n) is 2.90. The zero-order valence-electron chi connectivity index (χ0n) is 17.3. The Kier molecular flexibility index (Phi) is 7.62. The molecule has 1 saturated heterocycles. The number of carbonyl (C=O) groups is 1.